The number of nitrogens with zero attached hydrogens (tertiary/aromatic N) is 2. The molecule has 2 heterocycles. The van der Waals surface area contributed by atoms with Gasteiger partial charge in [-0.15, -0.1) is 0 Å². The zero-order chi connectivity index (χ0) is 18.3. The van der Waals surface area contributed by atoms with Crippen LogP contribution in [0.25, 0.3) is 33.7 Å². The largest absolute Gasteiger partial charge is 0.478 e. The van der Waals surface area contributed by atoms with E-state index in [0.29, 0.717) is 10.7 Å². The zero-order valence-corrected chi connectivity index (χ0v) is 15.5. The fourth-order valence-corrected chi connectivity index (χ4v) is 3.31. The number of imidazole rings is 1. The first-order valence-electron chi connectivity index (χ1n) is 7.66. The molecule has 5 nitrogen and oxygen atoms in total. The second-order valence-electron chi connectivity index (χ2n) is 5.68. The van der Waals surface area contributed by atoms with Gasteiger partial charge in [0.25, 0.3) is 0 Å². The summed E-state index contributed by atoms with van der Waals surface area (Å²) in [5.41, 5.74) is 4.17. The van der Waals surface area contributed by atoms with Gasteiger partial charge in [-0.1, -0.05) is 51.8 Å². The third kappa shape index (κ3) is 3.09. The summed E-state index contributed by atoms with van der Waals surface area (Å²) in [6, 6.07) is 14.9. The van der Waals surface area contributed by atoms with Gasteiger partial charge in [-0.2, -0.15) is 0 Å². The first-order valence-corrected chi connectivity index (χ1v) is 8.83. The molecule has 0 amide bonds. The Morgan fingerprint density at radius 1 is 1.08 bits per heavy atom. The average Bonchev–Trinajstić information content (AvgIpc) is 3.05. The number of benzene rings is 2. The molecule has 4 rings (SSSR count). The van der Waals surface area contributed by atoms with Gasteiger partial charge in [-0.05, 0) is 24.3 Å². The Bertz CT molecular complexity index is 1140. The average molecular weight is 429 g/mol. The molecule has 0 atom stereocenters. The van der Waals surface area contributed by atoms with Crippen molar-refractivity contribution < 1.29 is 9.90 Å². The van der Waals surface area contributed by atoms with Crippen molar-refractivity contribution in [1.29, 1.82) is 0 Å². The van der Waals surface area contributed by atoms with Gasteiger partial charge in [0.05, 0.1) is 27.3 Å². The topological polar surface area (TPSA) is 78.9 Å². The standard InChI is InChI=1S/C19H11BrClN3O2/c20-13-5-6-15-16(8-13)24-18(23-15)11-3-1-10(2-4-11)17-14(21)7-12(9-22-17)19(25)26/h1-9H,(H,23,24)(H,25,26). The third-order valence-corrected chi connectivity index (χ3v) is 4.75. The highest BCUT2D eigenvalue weighted by Gasteiger charge is 2.11. The van der Waals surface area contributed by atoms with E-state index in [0.717, 1.165) is 32.5 Å². The summed E-state index contributed by atoms with van der Waals surface area (Å²) in [7, 11) is 0. The number of pyridine rings is 1. The Morgan fingerprint density at radius 2 is 1.81 bits per heavy atom. The van der Waals surface area contributed by atoms with Crippen molar-refractivity contribution in [3.63, 3.8) is 0 Å². The van der Waals surface area contributed by atoms with E-state index in [-0.39, 0.29) is 5.56 Å². The molecule has 2 aromatic carbocycles. The number of aromatic nitrogens is 3. The summed E-state index contributed by atoms with van der Waals surface area (Å²) < 4.78 is 0.987. The van der Waals surface area contributed by atoms with Crippen LogP contribution >= 0.6 is 27.5 Å². The van der Waals surface area contributed by atoms with E-state index in [2.05, 4.69) is 30.9 Å². The number of hydrogen-bond acceptors (Lipinski definition) is 3. The lowest BCUT2D eigenvalue weighted by atomic mass is 10.1. The lowest BCUT2D eigenvalue weighted by Gasteiger charge is -2.05. The summed E-state index contributed by atoms with van der Waals surface area (Å²) in [4.78, 5) is 23.0. The second kappa shape index (κ2) is 6.55. The van der Waals surface area contributed by atoms with Crippen LogP contribution in [0.5, 0.6) is 0 Å². The molecular formula is C19H11BrClN3O2. The fourth-order valence-electron chi connectivity index (χ4n) is 2.67. The van der Waals surface area contributed by atoms with Gasteiger partial charge < -0.3 is 10.1 Å². The Hall–Kier alpha value is -2.70. The van der Waals surface area contributed by atoms with E-state index in [1.165, 1.54) is 12.3 Å². The summed E-state index contributed by atoms with van der Waals surface area (Å²) in [6.07, 6.45) is 1.30. The van der Waals surface area contributed by atoms with Gasteiger partial charge in [0.15, 0.2) is 0 Å². The number of nitrogens with one attached hydrogen (secondary N) is 1. The zero-order valence-electron chi connectivity index (χ0n) is 13.2. The predicted octanol–water partition coefficient (Wildman–Crippen LogP) is 5.41. The fraction of sp³-hybridized carbons (Fsp3) is 0. The Labute approximate surface area is 161 Å². The normalized spacial score (nSPS) is 11.0. The number of hydrogen-bond donors (Lipinski definition) is 2. The Kier molecular flexibility index (Phi) is 4.22. The van der Waals surface area contributed by atoms with Gasteiger partial charge in [-0.3, -0.25) is 4.98 Å². The number of carboxylic acids is 1. The van der Waals surface area contributed by atoms with E-state index < -0.39 is 5.97 Å². The molecule has 0 bridgehead atoms. The Morgan fingerprint density at radius 3 is 2.50 bits per heavy atom. The van der Waals surface area contributed by atoms with Gasteiger partial charge in [0.1, 0.15) is 5.82 Å². The molecule has 2 N–H and O–H groups in total. The van der Waals surface area contributed by atoms with Crippen LogP contribution < -0.4 is 0 Å². The molecule has 0 saturated heterocycles. The lowest BCUT2D eigenvalue weighted by molar-refractivity contribution is 0.0696. The first-order chi connectivity index (χ1) is 12.5. The number of carbonyl (C=O) groups is 1. The van der Waals surface area contributed by atoms with Crippen molar-refractivity contribution in [3.8, 4) is 22.6 Å². The van der Waals surface area contributed by atoms with Crippen molar-refractivity contribution in [3.05, 3.63) is 69.8 Å². The van der Waals surface area contributed by atoms with Crippen LogP contribution in [0.2, 0.25) is 5.02 Å². The van der Waals surface area contributed by atoms with Crippen molar-refractivity contribution in [2.24, 2.45) is 0 Å². The number of rotatable bonds is 3. The van der Waals surface area contributed by atoms with Crippen LogP contribution in [0.15, 0.2) is 59.2 Å². The molecule has 0 aliphatic heterocycles. The number of halogens is 2. The molecule has 2 aromatic heterocycles. The van der Waals surface area contributed by atoms with E-state index >= 15 is 0 Å². The number of aromatic carboxylic acids is 1. The lowest BCUT2D eigenvalue weighted by Crippen LogP contribution is -1.98. The monoisotopic (exact) mass is 427 g/mol. The van der Waals surface area contributed by atoms with Gasteiger partial charge in [0, 0.05) is 21.8 Å². The van der Waals surface area contributed by atoms with Crippen LogP contribution in [-0.4, -0.2) is 26.0 Å². The van der Waals surface area contributed by atoms with E-state index in [1.807, 2.05) is 42.5 Å². The second-order valence-corrected chi connectivity index (χ2v) is 7.01. The van der Waals surface area contributed by atoms with Gasteiger partial charge >= 0.3 is 5.97 Å². The number of H-pyrrole nitrogens is 1. The summed E-state index contributed by atoms with van der Waals surface area (Å²) in [6.45, 7) is 0. The SMILES string of the molecule is O=C(O)c1cnc(-c2ccc(-c3nc4ccc(Br)cc4[nH]3)cc2)c(Cl)c1. The minimum Gasteiger partial charge on any atom is -0.478 e. The Balaban J connectivity index is 1.69. The van der Waals surface area contributed by atoms with Crippen molar-refractivity contribution in [1.82, 2.24) is 15.0 Å². The molecule has 0 radical (unpaired) electrons. The first kappa shape index (κ1) is 16.8. The number of carboxylic acid groups (broad SMARTS) is 1. The summed E-state index contributed by atoms with van der Waals surface area (Å²) in [5, 5.41) is 9.30. The van der Waals surface area contributed by atoms with Crippen LogP contribution in [0.3, 0.4) is 0 Å². The molecule has 0 aliphatic rings. The summed E-state index contributed by atoms with van der Waals surface area (Å²) >= 11 is 9.63. The molecule has 4 aromatic rings. The van der Waals surface area contributed by atoms with Crippen LogP contribution in [0.4, 0.5) is 0 Å². The molecule has 128 valence electrons. The van der Waals surface area contributed by atoms with Crippen LogP contribution in [0.1, 0.15) is 10.4 Å². The van der Waals surface area contributed by atoms with Gasteiger partial charge in [-0.25, -0.2) is 9.78 Å². The predicted molar refractivity (Wildman–Crippen MR) is 104 cm³/mol. The molecule has 0 saturated carbocycles. The van der Waals surface area contributed by atoms with Crippen molar-refractivity contribution in [2.45, 2.75) is 0 Å². The number of aromatic amines is 1. The van der Waals surface area contributed by atoms with E-state index in [9.17, 15) is 4.79 Å². The highest BCUT2D eigenvalue weighted by atomic mass is 79.9. The van der Waals surface area contributed by atoms with Crippen molar-refractivity contribution in [2.75, 3.05) is 0 Å². The molecule has 0 spiro atoms. The van der Waals surface area contributed by atoms with Crippen molar-refractivity contribution >= 4 is 44.5 Å². The van der Waals surface area contributed by atoms with E-state index in [4.69, 9.17) is 16.7 Å². The number of fused-ring (bicyclic) bond motifs is 1. The highest BCUT2D eigenvalue weighted by Crippen LogP contribution is 2.29. The molecule has 26 heavy (non-hydrogen) atoms. The minimum atomic E-state index is -1.06. The van der Waals surface area contributed by atoms with Crippen LogP contribution in [-0.2, 0) is 0 Å². The third-order valence-electron chi connectivity index (χ3n) is 3.96. The molecular weight excluding hydrogens is 418 g/mol. The van der Waals surface area contributed by atoms with E-state index in [1.54, 1.807) is 0 Å². The maximum atomic E-state index is 11.0. The van der Waals surface area contributed by atoms with Crippen LogP contribution in [0, 0.1) is 0 Å². The quantitative estimate of drug-likeness (QED) is 0.457. The highest BCUT2D eigenvalue weighted by molar-refractivity contribution is 9.10. The summed E-state index contributed by atoms with van der Waals surface area (Å²) in [5.74, 6) is -0.289. The molecule has 7 heteroatoms. The molecule has 0 unspecified atom stereocenters. The molecule has 0 aliphatic carbocycles. The maximum Gasteiger partial charge on any atom is 0.337 e. The van der Waals surface area contributed by atoms with Gasteiger partial charge in [0.2, 0.25) is 0 Å². The maximum absolute atomic E-state index is 11.0. The molecule has 0 fully saturated rings. The minimum absolute atomic E-state index is 0.0591. The smallest absolute Gasteiger partial charge is 0.337 e.